The highest BCUT2D eigenvalue weighted by Gasteiger charge is 2.07. The number of carbonyl (C=O) groups is 1. The molecule has 6 nitrogen and oxygen atoms in total. The van der Waals surface area contributed by atoms with Crippen molar-refractivity contribution in [3.63, 3.8) is 0 Å². The Morgan fingerprint density at radius 2 is 1.17 bits per heavy atom. The molecule has 0 rings (SSSR count). The molecular formula is C36H69NO5. The van der Waals surface area contributed by atoms with Gasteiger partial charge in [-0.15, -0.1) is 0 Å². The minimum atomic E-state index is -0.690. The summed E-state index contributed by atoms with van der Waals surface area (Å²) < 4.78 is 10.8. The summed E-state index contributed by atoms with van der Waals surface area (Å²) in [5.41, 5.74) is 0. The van der Waals surface area contributed by atoms with Gasteiger partial charge in [-0.05, 0) is 70.9 Å². The molecule has 42 heavy (non-hydrogen) atoms. The molecule has 1 unspecified atom stereocenters. The first-order valence-corrected chi connectivity index (χ1v) is 17.7. The van der Waals surface area contributed by atoms with Gasteiger partial charge in [-0.1, -0.05) is 115 Å². The second-order valence-electron chi connectivity index (χ2n) is 11.8. The fourth-order valence-electron chi connectivity index (χ4n) is 5.01. The number of unbranched alkanes of at least 4 members (excludes halogenated alkanes) is 16. The fourth-order valence-corrected chi connectivity index (χ4v) is 5.01. The summed E-state index contributed by atoms with van der Waals surface area (Å²) in [6.07, 6.45) is 32.5. The lowest BCUT2D eigenvalue weighted by Gasteiger charge is -2.21. The van der Waals surface area contributed by atoms with E-state index in [1.807, 2.05) is 12.2 Å². The monoisotopic (exact) mass is 596 g/mol. The number of hydrogen-bond donors (Lipinski definition) is 2. The van der Waals surface area contributed by atoms with Crippen LogP contribution in [0.4, 0.5) is 0 Å². The molecule has 0 fully saturated rings. The van der Waals surface area contributed by atoms with E-state index >= 15 is 0 Å². The number of rotatable bonds is 33. The van der Waals surface area contributed by atoms with Crippen LogP contribution in [0.15, 0.2) is 24.3 Å². The number of carbonyl (C=O) groups excluding carboxylic acids is 1. The lowest BCUT2D eigenvalue weighted by molar-refractivity contribution is -0.142. The molecular weight excluding hydrogens is 526 g/mol. The predicted octanol–water partition coefficient (Wildman–Crippen LogP) is 8.89. The van der Waals surface area contributed by atoms with Crippen molar-refractivity contribution in [2.45, 2.75) is 161 Å². The van der Waals surface area contributed by atoms with Gasteiger partial charge in [0.05, 0.1) is 13.2 Å². The van der Waals surface area contributed by atoms with E-state index in [9.17, 15) is 15.0 Å². The maximum absolute atomic E-state index is 11.9. The minimum Gasteiger partial charge on any atom is -0.461 e. The first-order valence-electron chi connectivity index (χ1n) is 17.7. The van der Waals surface area contributed by atoms with Crippen LogP contribution in [0, 0.1) is 0 Å². The van der Waals surface area contributed by atoms with Gasteiger partial charge in [-0.3, -0.25) is 4.79 Å². The summed E-state index contributed by atoms with van der Waals surface area (Å²) in [5.74, 6) is -0.109. The number of hydrogen-bond acceptors (Lipinski definition) is 6. The molecule has 0 heterocycles. The van der Waals surface area contributed by atoms with E-state index in [2.05, 4.69) is 30.9 Å². The van der Waals surface area contributed by atoms with Crippen LogP contribution < -0.4 is 0 Å². The van der Waals surface area contributed by atoms with E-state index < -0.39 is 6.29 Å². The molecule has 1 atom stereocenters. The molecule has 2 N–H and O–H groups in total. The molecule has 0 spiro atoms. The summed E-state index contributed by atoms with van der Waals surface area (Å²) in [4.78, 5) is 14.2. The Kier molecular flexibility index (Phi) is 33.3. The summed E-state index contributed by atoms with van der Waals surface area (Å²) in [7, 11) is 0. The molecule has 0 saturated heterocycles. The lowest BCUT2D eigenvalue weighted by Crippen LogP contribution is -2.29. The first-order chi connectivity index (χ1) is 20.6. The molecule has 0 aromatic carbocycles. The molecule has 0 aromatic heterocycles. The maximum Gasteiger partial charge on any atom is 0.306 e. The van der Waals surface area contributed by atoms with Crippen LogP contribution in [0.1, 0.15) is 155 Å². The lowest BCUT2D eigenvalue weighted by atomic mass is 10.1. The molecule has 6 heteroatoms. The highest BCUT2D eigenvalue weighted by Crippen LogP contribution is 2.10. The number of esters is 1. The van der Waals surface area contributed by atoms with Crippen molar-refractivity contribution in [2.24, 2.45) is 0 Å². The van der Waals surface area contributed by atoms with Crippen LogP contribution >= 0.6 is 0 Å². The zero-order valence-electron chi connectivity index (χ0n) is 27.8. The van der Waals surface area contributed by atoms with Crippen molar-refractivity contribution in [2.75, 3.05) is 39.5 Å². The molecule has 0 aliphatic rings. The summed E-state index contributed by atoms with van der Waals surface area (Å²) in [5, 5.41) is 19.5. The van der Waals surface area contributed by atoms with E-state index in [1.54, 1.807) is 0 Å². The molecule has 0 aliphatic heterocycles. The summed E-state index contributed by atoms with van der Waals surface area (Å²) >= 11 is 0. The van der Waals surface area contributed by atoms with Crippen LogP contribution in [-0.4, -0.2) is 66.8 Å². The Morgan fingerprint density at radius 3 is 1.76 bits per heavy atom. The van der Waals surface area contributed by atoms with Crippen LogP contribution in [0.3, 0.4) is 0 Å². The molecule has 0 aliphatic carbocycles. The number of ether oxygens (including phenoxy) is 2. The van der Waals surface area contributed by atoms with Gasteiger partial charge in [-0.25, -0.2) is 0 Å². The van der Waals surface area contributed by atoms with Crippen molar-refractivity contribution in [1.82, 2.24) is 4.90 Å². The minimum absolute atomic E-state index is 0.109. The van der Waals surface area contributed by atoms with Crippen molar-refractivity contribution in [1.29, 1.82) is 0 Å². The third-order valence-corrected chi connectivity index (χ3v) is 7.70. The van der Waals surface area contributed by atoms with Crippen molar-refractivity contribution >= 4 is 5.97 Å². The smallest absolute Gasteiger partial charge is 0.306 e. The standard InChI is InChI=1S/C36H69NO5/c1-3-5-7-9-11-13-15-17-25-33-41-35(39)27-21-19-23-29-37(31-32-38)30-24-20-22-28-36(40)42-34-26-18-16-14-12-10-8-6-4-2/h17-18,25-26,35,38-39H,3-16,19-24,27-34H2,1-2H3/b25-17-,26-18-. The summed E-state index contributed by atoms with van der Waals surface area (Å²) in [6, 6.07) is 0. The number of allylic oxidation sites excluding steroid dienone is 2. The van der Waals surface area contributed by atoms with E-state index in [-0.39, 0.29) is 12.6 Å². The van der Waals surface area contributed by atoms with Crippen molar-refractivity contribution in [3.8, 4) is 0 Å². The van der Waals surface area contributed by atoms with E-state index in [0.717, 1.165) is 64.5 Å². The number of aliphatic hydroxyl groups is 2. The predicted molar refractivity (Wildman–Crippen MR) is 178 cm³/mol. The van der Waals surface area contributed by atoms with E-state index in [4.69, 9.17) is 9.47 Å². The SMILES string of the molecule is CCCCCCCC/C=C\COC(=O)CCCCCN(CCO)CCCCCC(O)OC/C=C\CCCCCCCC. The topological polar surface area (TPSA) is 79.2 Å². The molecule has 0 amide bonds. The van der Waals surface area contributed by atoms with Gasteiger partial charge in [0.2, 0.25) is 0 Å². The average molecular weight is 596 g/mol. The van der Waals surface area contributed by atoms with Crippen LogP contribution in [0.2, 0.25) is 0 Å². The highest BCUT2D eigenvalue weighted by atomic mass is 16.6. The van der Waals surface area contributed by atoms with Crippen LogP contribution in [0.25, 0.3) is 0 Å². The second-order valence-corrected chi connectivity index (χ2v) is 11.8. The summed E-state index contributed by atoms with van der Waals surface area (Å²) in [6.45, 7) is 8.09. The molecule has 0 aromatic rings. The Labute approximate surface area is 260 Å². The van der Waals surface area contributed by atoms with Gasteiger partial charge in [0.1, 0.15) is 6.61 Å². The van der Waals surface area contributed by atoms with Crippen LogP contribution in [-0.2, 0) is 14.3 Å². The molecule has 0 radical (unpaired) electrons. The Bertz CT molecular complexity index is 610. The van der Waals surface area contributed by atoms with E-state index in [1.165, 1.54) is 77.0 Å². The molecule has 0 saturated carbocycles. The Morgan fingerprint density at radius 1 is 0.643 bits per heavy atom. The largest absolute Gasteiger partial charge is 0.461 e. The third kappa shape index (κ3) is 31.7. The van der Waals surface area contributed by atoms with Gasteiger partial charge in [-0.2, -0.15) is 0 Å². The molecule has 0 bridgehead atoms. The second kappa shape index (κ2) is 34.3. The quantitative estimate of drug-likeness (QED) is 0.0341. The first kappa shape index (κ1) is 40.8. The van der Waals surface area contributed by atoms with Gasteiger partial charge >= 0.3 is 5.97 Å². The highest BCUT2D eigenvalue weighted by molar-refractivity contribution is 5.69. The normalized spacial score (nSPS) is 12.7. The van der Waals surface area contributed by atoms with Crippen LogP contribution in [0.5, 0.6) is 0 Å². The van der Waals surface area contributed by atoms with Gasteiger partial charge in [0.15, 0.2) is 6.29 Å². The zero-order chi connectivity index (χ0) is 30.8. The molecule has 248 valence electrons. The maximum atomic E-state index is 11.9. The van der Waals surface area contributed by atoms with Crippen molar-refractivity contribution in [3.05, 3.63) is 24.3 Å². The van der Waals surface area contributed by atoms with Gasteiger partial charge in [0, 0.05) is 13.0 Å². The van der Waals surface area contributed by atoms with Crippen molar-refractivity contribution < 1.29 is 24.5 Å². The Hall–Kier alpha value is -1.21. The van der Waals surface area contributed by atoms with Gasteiger partial charge < -0.3 is 24.6 Å². The Balaban J connectivity index is 3.67. The number of nitrogens with zero attached hydrogens (tertiary/aromatic N) is 1. The third-order valence-electron chi connectivity index (χ3n) is 7.70. The van der Waals surface area contributed by atoms with E-state index in [0.29, 0.717) is 32.6 Å². The average Bonchev–Trinajstić information content (AvgIpc) is 2.98. The fraction of sp³-hybridized carbons (Fsp3) is 0.861. The zero-order valence-corrected chi connectivity index (χ0v) is 27.8. The van der Waals surface area contributed by atoms with Gasteiger partial charge in [0.25, 0.3) is 0 Å². The number of aliphatic hydroxyl groups excluding tert-OH is 2.